The molecule has 0 aliphatic carbocycles. The van der Waals surface area contributed by atoms with E-state index in [0.29, 0.717) is 5.92 Å². The first kappa shape index (κ1) is 10.7. The van der Waals surface area contributed by atoms with Crippen LogP contribution in [0.2, 0.25) is 0 Å². The first-order valence-corrected chi connectivity index (χ1v) is 5.63. The topological polar surface area (TPSA) is 20.2 Å². The molecule has 0 aliphatic rings. The van der Waals surface area contributed by atoms with Crippen LogP contribution in [-0.2, 0) is 0 Å². The van der Waals surface area contributed by atoms with Gasteiger partial charge in [0.1, 0.15) is 0 Å². The summed E-state index contributed by atoms with van der Waals surface area (Å²) < 4.78 is 0. The molecule has 2 heteroatoms. The summed E-state index contributed by atoms with van der Waals surface area (Å²) in [6.45, 7) is 8.40. The van der Waals surface area contributed by atoms with Gasteiger partial charge in [-0.05, 0) is 31.4 Å². The lowest BCUT2D eigenvalue weighted by molar-refractivity contribution is 0.119. The molecule has 0 radical (unpaired) electrons. The van der Waals surface area contributed by atoms with Gasteiger partial charge in [-0.3, -0.25) is 0 Å². The molecule has 74 valence electrons. The van der Waals surface area contributed by atoms with Crippen LogP contribution in [0.3, 0.4) is 0 Å². The van der Waals surface area contributed by atoms with Crippen molar-refractivity contribution in [3.05, 3.63) is 21.4 Å². The maximum absolute atomic E-state index is 9.94. The highest BCUT2D eigenvalue weighted by Crippen LogP contribution is 2.31. The van der Waals surface area contributed by atoms with Gasteiger partial charge in [0, 0.05) is 9.75 Å². The van der Waals surface area contributed by atoms with Crippen LogP contribution >= 0.6 is 11.3 Å². The van der Waals surface area contributed by atoms with Gasteiger partial charge in [0.2, 0.25) is 0 Å². The molecule has 0 saturated heterocycles. The van der Waals surface area contributed by atoms with E-state index in [2.05, 4.69) is 33.8 Å². The molecule has 0 fully saturated rings. The summed E-state index contributed by atoms with van der Waals surface area (Å²) in [4.78, 5) is 2.43. The summed E-state index contributed by atoms with van der Waals surface area (Å²) in [6, 6.07) is 2.11. The van der Waals surface area contributed by atoms with Gasteiger partial charge in [-0.25, -0.2) is 0 Å². The number of aliphatic hydroxyl groups excluding tert-OH is 1. The fourth-order valence-electron chi connectivity index (χ4n) is 1.25. The Bertz CT molecular complexity index is 258. The Morgan fingerprint density at radius 2 is 2.08 bits per heavy atom. The van der Waals surface area contributed by atoms with Gasteiger partial charge in [-0.2, -0.15) is 0 Å². The molecule has 2 unspecified atom stereocenters. The van der Waals surface area contributed by atoms with Crippen molar-refractivity contribution in [1.82, 2.24) is 0 Å². The van der Waals surface area contributed by atoms with Gasteiger partial charge in [-0.15, -0.1) is 11.3 Å². The van der Waals surface area contributed by atoms with E-state index in [1.165, 1.54) is 10.4 Å². The van der Waals surface area contributed by atoms with Crippen molar-refractivity contribution < 1.29 is 5.11 Å². The lowest BCUT2D eigenvalue weighted by Crippen LogP contribution is -2.05. The van der Waals surface area contributed by atoms with Crippen molar-refractivity contribution in [2.24, 2.45) is 5.92 Å². The van der Waals surface area contributed by atoms with E-state index in [1.54, 1.807) is 11.3 Å². The smallest absolute Gasteiger partial charge is 0.0907 e. The predicted octanol–water partition coefficient (Wildman–Crippen LogP) is 3.44. The third-order valence-corrected chi connectivity index (χ3v) is 3.88. The van der Waals surface area contributed by atoms with Crippen LogP contribution in [0.5, 0.6) is 0 Å². The lowest BCUT2D eigenvalue weighted by atomic mass is 10.0. The molecule has 0 aliphatic heterocycles. The molecule has 1 nitrogen and oxygen atoms in total. The van der Waals surface area contributed by atoms with Crippen LogP contribution in [0, 0.1) is 19.8 Å². The van der Waals surface area contributed by atoms with Gasteiger partial charge >= 0.3 is 0 Å². The first-order chi connectivity index (χ1) is 6.06. The second-order valence-corrected chi connectivity index (χ2v) is 5.01. The third kappa shape index (κ3) is 2.32. The molecule has 0 aromatic carbocycles. The molecule has 2 atom stereocenters. The first-order valence-electron chi connectivity index (χ1n) is 4.81. The van der Waals surface area contributed by atoms with Crippen LogP contribution < -0.4 is 0 Å². The highest BCUT2D eigenvalue weighted by atomic mass is 32.1. The van der Waals surface area contributed by atoms with Gasteiger partial charge < -0.3 is 5.11 Å². The molecule has 13 heavy (non-hydrogen) atoms. The van der Waals surface area contributed by atoms with Crippen molar-refractivity contribution in [2.75, 3.05) is 0 Å². The maximum Gasteiger partial charge on any atom is 0.0907 e. The van der Waals surface area contributed by atoms with Gasteiger partial charge in [-0.1, -0.05) is 20.3 Å². The summed E-state index contributed by atoms with van der Waals surface area (Å²) in [7, 11) is 0. The average Bonchev–Trinajstić information content (AvgIpc) is 2.44. The van der Waals surface area contributed by atoms with Crippen LogP contribution in [0.15, 0.2) is 6.07 Å². The molecule has 0 amide bonds. The lowest BCUT2D eigenvalue weighted by Gasteiger charge is -2.14. The number of aryl methyl sites for hydroxylation is 2. The number of rotatable bonds is 3. The molecule has 1 aromatic rings. The van der Waals surface area contributed by atoms with Crippen molar-refractivity contribution >= 4 is 11.3 Å². The highest BCUT2D eigenvalue weighted by Gasteiger charge is 2.16. The molecular formula is C11H18OS. The van der Waals surface area contributed by atoms with Crippen LogP contribution in [0.1, 0.15) is 41.7 Å². The Hall–Kier alpha value is -0.340. The van der Waals surface area contributed by atoms with E-state index < -0.39 is 0 Å². The van der Waals surface area contributed by atoms with Crippen molar-refractivity contribution in [2.45, 2.75) is 40.2 Å². The monoisotopic (exact) mass is 198 g/mol. The molecular weight excluding hydrogens is 180 g/mol. The van der Waals surface area contributed by atoms with Crippen molar-refractivity contribution in [1.29, 1.82) is 0 Å². The molecule has 1 aromatic heterocycles. The van der Waals surface area contributed by atoms with Crippen LogP contribution in [0.25, 0.3) is 0 Å². The van der Waals surface area contributed by atoms with Crippen molar-refractivity contribution in [3.63, 3.8) is 0 Å². The second-order valence-electron chi connectivity index (χ2n) is 3.72. The summed E-state index contributed by atoms with van der Waals surface area (Å²) in [6.07, 6.45) is 0.749. The third-order valence-electron chi connectivity index (χ3n) is 2.66. The number of thiophene rings is 1. The summed E-state index contributed by atoms with van der Waals surface area (Å²) in [5.41, 5.74) is 1.29. The standard InChI is InChI=1S/C11H18OS/c1-5-7(2)11(12)10-6-8(3)9(4)13-10/h6-7,11-12H,5H2,1-4H3. The van der Waals surface area contributed by atoms with Crippen LogP contribution in [-0.4, -0.2) is 5.11 Å². The van der Waals surface area contributed by atoms with Gasteiger partial charge in [0.15, 0.2) is 0 Å². The second kappa shape index (κ2) is 4.25. The fourth-order valence-corrected chi connectivity index (χ4v) is 2.41. The Labute approximate surface area is 84.4 Å². The quantitative estimate of drug-likeness (QED) is 0.788. The maximum atomic E-state index is 9.94. The zero-order valence-corrected chi connectivity index (χ0v) is 9.61. The van der Waals surface area contributed by atoms with E-state index in [9.17, 15) is 5.11 Å². The number of hydrogen-bond donors (Lipinski definition) is 1. The van der Waals surface area contributed by atoms with E-state index >= 15 is 0 Å². The average molecular weight is 198 g/mol. The molecule has 1 rings (SSSR count). The largest absolute Gasteiger partial charge is 0.387 e. The Morgan fingerprint density at radius 3 is 2.46 bits per heavy atom. The molecule has 0 bridgehead atoms. The number of aliphatic hydroxyl groups is 1. The summed E-state index contributed by atoms with van der Waals surface area (Å²) >= 11 is 1.72. The minimum Gasteiger partial charge on any atom is -0.387 e. The molecule has 1 N–H and O–H groups in total. The van der Waals surface area contributed by atoms with Crippen LogP contribution in [0.4, 0.5) is 0 Å². The zero-order valence-electron chi connectivity index (χ0n) is 8.79. The Morgan fingerprint density at radius 1 is 1.46 bits per heavy atom. The Balaban J connectivity index is 2.82. The van der Waals surface area contributed by atoms with E-state index in [4.69, 9.17) is 0 Å². The summed E-state index contributed by atoms with van der Waals surface area (Å²) in [5.74, 6) is 0.359. The van der Waals surface area contributed by atoms with Gasteiger partial charge in [0.25, 0.3) is 0 Å². The van der Waals surface area contributed by atoms with Gasteiger partial charge in [0.05, 0.1) is 6.10 Å². The number of hydrogen-bond acceptors (Lipinski definition) is 2. The fraction of sp³-hybridized carbons (Fsp3) is 0.636. The van der Waals surface area contributed by atoms with Crippen molar-refractivity contribution in [3.8, 4) is 0 Å². The van der Waals surface area contributed by atoms with E-state index in [0.717, 1.165) is 11.3 Å². The van der Waals surface area contributed by atoms with E-state index in [-0.39, 0.29) is 6.10 Å². The highest BCUT2D eigenvalue weighted by molar-refractivity contribution is 7.12. The minimum atomic E-state index is -0.276. The predicted molar refractivity (Wildman–Crippen MR) is 58.2 cm³/mol. The minimum absolute atomic E-state index is 0.276. The normalized spacial score (nSPS) is 15.8. The SMILES string of the molecule is CCC(C)C(O)c1cc(C)c(C)s1. The molecule has 0 saturated carbocycles. The zero-order chi connectivity index (χ0) is 10.0. The Kier molecular flexibility index (Phi) is 3.51. The van der Waals surface area contributed by atoms with E-state index in [1.807, 2.05) is 0 Å². The molecule has 1 heterocycles. The summed E-state index contributed by atoms with van der Waals surface area (Å²) in [5, 5.41) is 9.94. The molecule has 0 spiro atoms.